The Balaban J connectivity index is 2.11. The Bertz CT molecular complexity index is 628. The maximum absolute atomic E-state index is 4.53. The topological polar surface area (TPSA) is 56.0 Å². The highest BCUT2D eigenvalue weighted by molar-refractivity contribution is 7.16. The zero-order valence-corrected chi connectivity index (χ0v) is 10.2. The van der Waals surface area contributed by atoms with Crippen molar-refractivity contribution in [2.45, 2.75) is 19.8 Å². The summed E-state index contributed by atoms with van der Waals surface area (Å²) in [6.45, 7) is 2.15. The first-order chi connectivity index (χ1) is 8.38. The lowest BCUT2D eigenvalue weighted by Gasteiger charge is -1.94. The third kappa shape index (κ3) is 1.80. The molecule has 3 aromatic rings. The van der Waals surface area contributed by atoms with Gasteiger partial charge in [-0.15, -0.1) is 10.2 Å². The lowest BCUT2D eigenvalue weighted by molar-refractivity contribution is 0.848. The number of nitrogens with zero attached hydrogens (tertiary/aromatic N) is 5. The molecule has 86 valence electrons. The van der Waals surface area contributed by atoms with Crippen molar-refractivity contribution in [3.05, 3.63) is 29.5 Å². The van der Waals surface area contributed by atoms with Crippen LogP contribution in [0.4, 0.5) is 0 Å². The molecular weight excluding hydrogens is 234 g/mol. The lowest BCUT2D eigenvalue weighted by atomic mass is 10.2. The molecule has 0 aliphatic heterocycles. The Morgan fingerprint density at radius 1 is 1.24 bits per heavy atom. The van der Waals surface area contributed by atoms with Gasteiger partial charge in [-0.25, -0.2) is 0 Å². The van der Waals surface area contributed by atoms with Crippen LogP contribution in [0.5, 0.6) is 0 Å². The van der Waals surface area contributed by atoms with Crippen LogP contribution in [0.1, 0.15) is 18.4 Å². The van der Waals surface area contributed by atoms with Crippen LogP contribution in [0, 0.1) is 0 Å². The molecule has 0 radical (unpaired) electrons. The molecule has 0 atom stereocenters. The van der Waals surface area contributed by atoms with E-state index in [2.05, 4.69) is 27.2 Å². The number of hydrogen-bond donors (Lipinski definition) is 0. The lowest BCUT2D eigenvalue weighted by Crippen LogP contribution is -1.92. The van der Waals surface area contributed by atoms with E-state index in [0.29, 0.717) is 0 Å². The van der Waals surface area contributed by atoms with Gasteiger partial charge in [0, 0.05) is 24.4 Å². The van der Waals surface area contributed by atoms with Crippen LogP contribution in [0.3, 0.4) is 0 Å². The molecule has 0 bridgehead atoms. The highest BCUT2D eigenvalue weighted by atomic mass is 32.1. The monoisotopic (exact) mass is 245 g/mol. The number of fused-ring (bicyclic) bond motifs is 1. The zero-order valence-electron chi connectivity index (χ0n) is 9.37. The molecule has 0 saturated heterocycles. The average Bonchev–Trinajstić information content (AvgIpc) is 2.90. The number of aromatic nitrogens is 5. The predicted molar refractivity (Wildman–Crippen MR) is 65.9 cm³/mol. The first-order valence-corrected chi connectivity index (χ1v) is 6.31. The fourth-order valence-corrected chi connectivity index (χ4v) is 2.59. The van der Waals surface area contributed by atoms with Crippen LogP contribution in [0.15, 0.2) is 24.5 Å². The molecule has 0 N–H and O–H groups in total. The Morgan fingerprint density at radius 2 is 2.06 bits per heavy atom. The molecule has 3 aromatic heterocycles. The van der Waals surface area contributed by atoms with Gasteiger partial charge in [-0.3, -0.25) is 4.98 Å². The molecule has 3 heterocycles. The van der Waals surface area contributed by atoms with E-state index < -0.39 is 0 Å². The van der Waals surface area contributed by atoms with E-state index in [0.717, 1.165) is 34.2 Å². The molecule has 0 unspecified atom stereocenters. The molecule has 3 rings (SSSR count). The van der Waals surface area contributed by atoms with Crippen LogP contribution in [0.2, 0.25) is 0 Å². The van der Waals surface area contributed by atoms with Gasteiger partial charge in [-0.1, -0.05) is 18.3 Å². The number of pyridine rings is 1. The molecule has 0 fully saturated rings. The SMILES string of the molecule is CCCc1nn2c(-c3ccncc3)nnc2s1. The highest BCUT2D eigenvalue weighted by Gasteiger charge is 2.12. The second-order valence-electron chi connectivity index (χ2n) is 3.70. The standard InChI is InChI=1S/C11H11N5S/c1-2-3-9-15-16-10(13-14-11(16)17-9)8-4-6-12-7-5-8/h4-7H,2-3H2,1H3. The molecule has 5 nitrogen and oxygen atoms in total. The number of aryl methyl sites for hydroxylation is 1. The van der Waals surface area contributed by atoms with Crippen LogP contribution in [-0.4, -0.2) is 24.8 Å². The molecule has 17 heavy (non-hydrogen) atoms. The number of hydrogen-bond acceptors (Lipinski definition) is 5. The quantitative estimate of drug-likeness (QED) is 0.710. The van der Waals surface area contributed by atoms with Gasteiger partial charge in [0.1, 0.15) is 5.01 Å². The maximum Gasteiger partial charge on any atom is 0.234 e. The molecule has 0 amide bonds. The summed E-state index contributed by atoms with van der Waals surface area (Å²) in [7, 11) is 0. The first kappa shape index (κ1) is 10.3. The molecule has 0 saturated carbocycles. The van der Waals surface area contributed by atoms with Gasteiger partial charge < -0.3 is 0 Å². The summed E-state index contributed by atoms with van der Waals surface area (Å²) in [5, 5.41) is 13.9. The van der Waals surface area contributed by atoms with Crippen molar-refractivity contribution in [2.75, 3.05) is 0 Å². The molecule has 0 aliphatic rings. The average molecular weight is 245 g/mol. The third-order valence-corrected chi connectivity index (χ3v) is 3.39. The van der Waals surface area contributed by atoms with E-state index in [1.807, 2.05) is 16.6 Å². The van der Waals surface area contributed by atoms with E-state index in [4.69, 9.17) is 0 Å². The largest absolute Gasteiger partial charge is 0.265 e. The minimum Gasteiger partial charge on any atom is -0.265 e. The second kappa shape index (κ2) is 4.21. The van der Waals surface area contributed by atoms with Gasteiger partial charge in [0.2, 0.25) is 4.96 Å². The van der Waals surface area contributed by atoms with Gasteiger partial charge in [0.25, 0.3) is 0 Å². The van der Waals surface area contributed by atoms with E-state index in [1.165, 1.54) is 0 Å². The Kier molecular flexibility index (Phi) is 2.56. The molecular formula is C11H11N5S. The molecule has 0 aromatic carbocycles. The van der Waals surface area contributed by atoms with Gasteiger partial charge in [0.15, 0.2) is 5.82 Å². The van der Waals surface area contributed by atoms with Crippen molar-refractivity contribution in [2.24, 2.45) is 0 Å². The van der Waals surface area contributed by atoms with Gasteiger partial charge in [0.05, 0.1) is 0 Å². The van der Waals surface area contributed by atoms with E-state index in [9.17, 15) is 0 Å². The van der Waals surface area contributed by atoms with Crippen molar-refractivity contribution in [1.82, 2.24) is 24.8 Å². The maximum atomic E-state index is 4.53. The van der Waals surface area contributed by atoms with E-state index in [-0.39, 0.29) is 0 Å². The molecule has 0 aliphatic carbocycles. The molecule has 0 spiro atoms. The minimum absolute atomic E-state index is 0.779. The van der Waals surface area contributed by atoms with Crippen LogP contribution in [0.25, 0.3) is 16.3 Å². The zero-order chi connectivity index (χ0) is 11.7. The Morgan fingerprint density at radius 3 is 2.82 bits per heavy atom. The summed E-state index contributed by atoms with van der Waals surface area (Å²) in [6, 6.07) is 3.82. The fraction of sp³-hybridized carbons (Fsp3) is 0.273. The Labute approximate surface area is 102 Å². The van der Waals surface area contributed by atoms with Crippen LogP contribution >= 0.6 is 11.3 Å². The predicted octanol–water partition coefficient (Wildman–Crippen LogP) is 2.20. The summed E-state index contributed by atoms with van der Waals surface area (Å²) in [4.78, 5) is 4.84. The van der Waals surface area contributed by atoms with E-state index >= 15 is 0 Å². The summed E-state index contributed by atoms with van der Waals surface area (Å²) in [6.07, 6.45) is 5.57. The third-order valence-electron chi connectivity index (χ3n) is 2.44. The van der Waals surface area contributed by atoms with Gasteiger partial charge >= 0.3 is 0 Å². The first-order valence-electron chi connectivity index (χ1n) is 5.50. The van der Waals surface area contributed by atoms with Crippen molar-refractivity contribution >= 4 is 16.3 Å². The van der Waals surface area contributed by atoms with Crippen molar-refractivity contribution in [3.63, 3.8) is 0 Å². The summed E-state index contributed by atoms with van der Waals surface area (Å²) in [5.41, 5.74) is 0.987. The smallest absolute Gasteiger partial charge is 0.234 e. The van der Waals surface area contributed by atoms with Crippen LogP contribution < -0.4 is 0 Å². The summed E-state index contributed by atoms with van der Waals surface area (Å²) in [5.74, 6) is 0.779. The van der Waals surface area contributed by atoms with Crippen molar-refractivity contribution < 1.29 is 0 Å². The fourth-order valence-electron chi connectivity index (χ4n) is 1.65. The van der Waals surface area contributed by atoms with Crippen molar-refractivity contribution in [3.8, 4) is 11.4 Å². The summed E-state index contributed by atoms with van der Waals surface area (Å²) < 4.78 is 1.81. The minimum atomic E-state index is 0.779. The normalized spacial score (nSPS) is 11.1. The number of rotatable bonds is 3. The van der Waals surface area contributed by atoms with E-state index in [1.54, 1.807) is 23.7 Å². The van der Waals surface area contributed by atoms with Crippen LogP contribution in [-0.2, 0) is 6.42 Å². The van der Waals surface area contributed by atoms with Crippen molar-refractivity contribution in [1.29, 1.82) is 0 Å². The van der Waals surface area contributed by atoms with Gasteiger partial charge in [-0.2, -0.15) is 9.61 Å². The highest BCUT2D eigenvalue weighted by Crippen LogP contribution is 2.21. The summed E-state index contributed by atoms with van der Waals surface area (Å²) >= 11 is 1.60. The Hall–Kier alpha value is -1.82. The molecule has 6 heteroatoms. The van der Waals surface area contributed by atoms with Gasteiger partial charge in [-0.05, 0) is 18.6 Å². The second-order valence-corrected chi connectivity index (χ2v) is 4.74.